The molecule has 0 atom stereocenters. The van der Waals surface area contributed by atoms with Crippen LogP contribution in [0.25, 0.3) is 0 Å². The van der Waals surface area contributed by atoms with Crippen LogP contribution < -0.4 is 15.1 Å². The number of nitrogens with zero attached hydrogens (tertiary/aromatic N) is 6. The average molecular weight is 548 g/mol. The second kappa shape index (κ2) is 11.8. The van der Waals surface area contributed by atoms with Gasteiger partial charge in [-0.05, 0) is 29.8 Å². The molecule has 10 heteroatoms. The predicted molar refractivity (Wildman–Crippen MR) is 152 cm³/mol. The molecule has 3 heterocycles. The number of halogens is 2. The number of anilines is 4. The lowest BCUT2D eigenvalue weighted by molar-refractivity contribution is 0.0993. The number of aryl methyl sites for hydroxylation is 1. The minimum atomic E-state index is 0.0184. The first-order valence-electron chi connectivity index (χ1n) is 12.5. The van der Waals surface area contributed by atoms with Crippen LogP contribution in [-0.2, 0) is 12.8 Å². The molecule has 0 bridgehead atoms. The summed E-state index contributed by atoms with van der Waals surface area (Å²) in [4.78, 5) is 35.4. The van der Waals surface area contributed by atoms with Crippen molar-refractivity contribution in [2.45, 2.75) is 19.8 Å². The predicted octanol–water partition coefficient (Wildman–Crippen LogP) is 5.63. The van der Waals surface area contributed by atoms with E-state index in [4.69, 9.17) is 23.2 Å². The zero-order valence-corrected chi connectivity index (χ0v) is 22.5. The molecule has 1 fully saturated rings. The van der Waals surface area contributed by atoms with Crippen molar-refractivity contribution in [3.8, 4) is 0 Å². The zero-order valence-electron chi connectivity index (χ0n) is 20.9. The van der Waals surface area contributed by atoms with Crippen molar-refractivity contribution >= 4 is 52.4 Å². The molecule has 0 aliphatic carbocycles. The number of carbonyl (C=O) groups excluding carboxylic acids is 1. The maximum atomic E-state index is 12.8. The van der Waals surface area contributed by atoms with E-state index in [-0.39, 0.29) is 5.78 Å². The van der Waals surface area contributed by atoms with E-state index in [1.165, 1.54) is 0 Å². The third-order valence-electron chi connectivity index (χ3n) is 6.35. The number of Topliss-reactive ketones (excluding diaryl/α,β-unsaturated/α-hetero) is 1. The SMILES string of the molecule is CCc1nc(Nc2cc(C(=O)Cc3ccccc3)ccn2)nc(N2CCN(c3cccc(Cl)c3Cl)CC2)n1. The van der Waals surface area contributed by atoms with E-state index >= 15 is 0 Å². The average Bonchev–Trinajstić information content (AvgIpc) is 2.95. The molecule has 194 valence electrons. The number of piperazine rings is 1. The highest BCUT2D eigenvalue weighted by Gasteiger charge is 2.22. The van der Waals surface area contributed by atoms with Gasteiger partial charge in [0.25, 0.3) is 0 Å². The van der Waals surface area contributed by atoms with Gasteiger partial charge in [-0.3, -0.25) is 4.79 Å². The third-order valence-corrected chi connectivity index (χ3v) is 7.16. The third kappa shape index (κ3) is 6.03. The molecule has 0 saturated carbocycles. The molecule has 1 saturated heterocycles. The summed E-state index contributed by atoms with van der Waals surface area (Å²) in [5.74, 6) is 2.20. The van der Waals surface area contributed by atoms with Gasteiger partial charge < -0.3 is 15.1 Å². The molecule has 8 nitrogen and oxygen atoms in total. The molecule has 0 spiro atoms. The molecule has 1 aliphatic heterocycles. The minimum Gasteiger partial charge on any atom is -0.367 e. The number of carbonyl (C=O) groups is 1. The Kier molecular flexibility index (Phi) is 8.00. The largest absolute Gasteiger partial charge is 0.367 e. The number of nitrogens with one attached hydrogen (secondary N) is 1. The van der Waals surface area contributed by atoms with E-state index < -0.39 is 0 Å². The summed E-state index contributed by atoms with van der Waals surface area (Å²) in [5, 5.41) is 4.29. The summed E-state index contributed by atoms with van der Waals surface area (Å²) in [6, 6.07) is 18.8. The Bertz CT molecular complexity index is 1430. The highest BCUT2D eigenvalue weighted by Crippen LogP contribution is 2.33. The molecular weight excluding hydrogens is 521 g/mol. The highest BCUT2D eigenvalue weighted by molar-refractivity contribution is 6.43. The van der Waals surface area contributed by atoms with Crippen molar-refractivity contribution in [2.24, 2.45) is 0 Å². The number of hydrogen-bond acceptors (Lipinski definition) is 8. The number of rotatable bonds is 8. The van der Waals surface area contributed by atoms with Gasteiger partial charge in [-0.25, -0.2) is 4.98 Å². The smallest absolute Gasteiger partial charge is 0.233 e. The van der Waals surface area contributed by atoms with E-state index in [1.54, 1.807) is 24.4 Å². The molecule has 0 radical (unpaired) electrons. The summed E-state index contributed by atoms with van der Waals surface area (Å²) in [5.41, 5.74) is 2.47. The van der Waals surface area contributed by atoms with Crippen LogP contribution in [0.2, 0.25) is 10.0 Å². The molecule has 4 aromatic rings. The van der Waals surface area contributed by atoms with E-state index in [0.29, 0.717) is 52.0 Å². The van der Waals surface area contributed by atoms with Crippen molar-refractivity contribution < 1.29 is 4.79 Å². The maximum Gasteiger partial charge on any atom is 0.233 e. The van der Waals surface area contributed by atoms with Gasteiger partial charge in [0.1, 0.15) is 11.6 Å². The first-order chi connectivity index (χ1) is 18.5. The molecule has 2 aromatic carbocycles. The second-order valence-corrected chi connectivity index (χ2v) is 9.70. The van der Waals surface area contributed by atoms with Crippen LogP contribution in [0, 0.1) is 0 Å². The molecule has 0 amide bonds. The molecule has 5 rings (SSSR count). The van der Waals surface area contributed by atoms with E-state index in [9.17, 15) is 4.79 Å². The highest BCUT2D eigenvalue weighted by atomic mass is 35.5. The van der Waals surface area contributed by atoms with E-state index in [0.717, 1.165) is 37.4 Å². The van der Waals surface area contributed by atoms with Crippen LogP contribution in [0.15, 0.2) is 66.9 Å². The number of benzene rings is 2. The Hall–Kier alpha value is -3.75. The van der Waals surface area contributed by atoms with Gasteiger partial charge in [0.05, 0.1) is 15.7 Å². The van der Waals surface area contributed by atoms with Gasteiger partial charge in [-0.1, -0.05) is 66.5 Å². The monoisotopic (exact) mass is 547 g/mol. The van der Waals surface area contributed by atoms with Crippen molar-refractivity contribution in [1.82, 2.24) is 19.9 Å². The molecular formula is C28H27Cl2N7O. The molecule has 1 aliphatic rings. The van der Waals surface area contributed by atoms with Gasteiger partial charge in [0.15, 0.2) is 5.78 Å². The van der Waals surface area contributed by atoms with E-state index in [2.05, 4.69) is 35.1 Å². The Morgan fingerprint density at radius 3 is 2.45 bits per heavy atom. The summed E-state index contributed by atoms with van der Waals surface area (Å²) in [6.07, 6.45) is 2.60. The molecule has 1 N–H and O–H groups in total. The first-order valence-corrected chi connectivity index (χ1v) is 13.2. The summed E-state index contributed by atoms with van der Waals surface area (Å²) in [7, 11) is 0. The summed E-state index contributed by atoms with van der Waals surface area (Å²) >= 11 is 12.6. The van der Waals surface area contributed by atoms with Gasteiger partial charge in [0.2, 0.25) is 11.9 Å². The molecule has 38 heavy (non-hydrogen) atoms. The fraction of sp³-hybridized carbons (Fsp3) is 0.250. The topological polar surface area (TPSA) is 87.1 Å². The van der Waals surface area contributed by atoms with Gasteiger partial charge >= 0.3 is 0 Å². The Morgan fingerprint density at radius 1 is 0.921 bits per heavy atom. The van der Waals surface area contributed by atoms with Crippen LogP contribution in [0.1, 0.15) is 28.7 Å². The molecule has 0 unspecified atom stereocenters. The van der Waals surface area contributed by atoms with Crippen molar-refractivity contribution in [1.29, 1.82) is 0 Å². The number of aromatic nitrogens is 4. The van der Waals surface area contributed by atoms with Crippen LogP contribution in [0.5, 0.6) is 0 Å². The standard InChI is InChI=1S/C28H27Cl2N7O/c1-2-24-32-27(33-25-18-20(11-12-31-25)23(38)17-19-7-4-3-5-8-19)35-28(34-24)37-15-13-36(14-16-37)22-10-6-9-21(29)26(22)30/h3-12,18H,2,13-17H2,1H3,(H,31,32,33,34,35). The number of pyridine rings is 1. The zero-order chi connectivity index (χ0) is 26.5. The lowest BCUT2D eigenvalue weighted by atomic mass is 10.0. The summed E-state index contributed by atoms with van der Waals surface area (Å²) < 4.78 is 0. The van der Waals surface area contributed by atoms with Crippen molar-refractivity contribution in [3.63, 3.8) is 0 Å². The van der Waals surface area contributed by atoms with Crippen LogP contribution in [-0.4, -0.2) is 51.9 Å². The Labute approximate surface area is 231 Å². The fourth-order valence-corrected chi connectivity index (χ4v) is 4.73. The maximum absolute atomic E-state index is 12.8. The lowest BCUT2D eigenvalue weighted by Gasteiger charge is -2.36. The minimum absolute atomic E-state index is 0.0184. The Balaban J connectivity index is 1.29. The van der Waals surface area contributed by atoms with E-state index in [1.807, 2.05) is 49.4 Å². The van der Waals surface area contributed by atoms with Crippen LogP contribution in [0.3, 0.4) is 0 Å². The van der Waals surface area contributed by atoms with Gasteiger partial charge in [0, 0.05) is 50.8 Å². The summed E-state index contributed by atoms with van der Waals surface area (Å²) in [6.45, 7) is 4.95. The molecule has 2 aromatic heterocycles. The van der Waals surface area contributed by atoms with Crippen LogP contribution >= 0.6 is 23.2 Å². The lowest BCUT2D eigenvalue weighted by Crippen LogP contribution is -2.47. The number of hydrogen-bond donors (Lipinski definition) is 1. The quantitative estimate of drug-likeness (QED) is 0.284. The van der Waals surface area contributed by atoms with Gasteiger partial charge in [-0.2, -0.15) is 15.0 Å². The van der Waals surface area contributed by atoms with Crippen LogP contribution in [0.4, 0.5) is 23.4 Å². The first kappa shape index (κ1) is 25.9. The van der Waals surface area contributed by atoms with Crippen molar-refractivity contribution in [2.75, 3.05) is 41.3 Å². The van der Waals surface area contributed by atoms with Gasteiger partial charge in [-0.15, -0.1) is 0 Å². The number of ketones is 1. The Morgan fingerprint density at radius 2 is 1.68 bits per heavy atom. The normalized spacial score (nSPS) is 13.4. The second-order valence-electron chi connectivity index (χ2n) is 8.92. The fourth-order valence-electron chi connectivity index (χ4n) is 4.32. The van der Waals surface area contributed by atoms with Crippen molar-refractivity contribution in [3.05, 3.63) is 93.9 Å².